The summed E-state index contributed by atoms with van der Waals surface area (Å²) in [6.45, 7) is 1.56. The molecule has 0 bridgehead atoms. The number of rotatable bonds is 7. The summed E-state index contributed by atoms with van der Waals surface area (Å²) in [6, 6.07) is 8.76. The number of nitrogens with one attached hydrogen (secondary N) is 2. The summed E-state index contributed by atoms with van der Waals surface area (Å²) in [5, 5.41) is 3.16. The first kappa shape index (κ1) is 16.9. The topological polar surface area (TPSA) is 89.6 Å². The van der Waals surface area contributed by atoms with E-state index in [2.05, 4.69) is 15.0 Å². The fraction of sp³-hybridized carbons (Fsp3) is 0.267. The number of ether oxygens (including phenoxy) is 2. The summed E-state index contributed by atoms with van der Waals surface area (Å²) in [6.07, 6.45) is 1.55. The van der Waals surface area contributed by atoms with Crippen molar-refractivity contribution in [2.75, 3.05) is 30.0 Å². The molecule has 0 aliphatic carbocycles. The average molecular weight is 337 g/mol. The SMILES string of the molecule is CCS(=O)(=O)Nc1ccc(Nc2ccc(OC)c(OC)c2)cn1. The van der Waals surface area contributed by atoms with Gasteiger partial charge in [-0.05, 0) is 31.2 Å². The Balaban J connectivity index is 2.12. The maximum absolute atomic E-state index is 11.5. The Hall–Kier alpha value is -2.48. The minimum absolute atomic E-state index is 0.000322. The van der Waals surface area contributed by atoms with E-state index in [1.54, 1.807) is 51.6 Å². The molecule has 0 amide bonds. The molecule has 8 heteroatoms. The van der Waals surface area contributed by atoms with E-state index in [1.165, 1.54) is 0 Å². The highest BCUT2D eigenvalue weighted by atomic mass is 32.2. The Morgan fingerprint density at radius 2 is 1.74 bits per heavy atom. The summed E-state index contributed by atoms with van der Waals surface area (Å²) in [5.74, 6) is 1.53. The number of sulfonamides is 1. The van der Waals surface area contributed by atoms with Crippen LogP contribution in [-0.2, 0) is 10.0 Å². The third kappa shape index (κ3) is 4.49. The molecule has 0 spiro atoms. The highest BCUT2D eigenvalue weighted by Crippen LogP contribution is 2.31. The summed E-state index contributed by atoms with van der Waals surface area (Å²) in [7, 11) is -0.183. The van der Waals surface area contributed by atoms with Crippen molar-refractivity contribution in [3.63, 3.8) is 0 Å². The number of nitrogens with zero attached hydrogens (tertiary/aromatic N) is 1. The van der Waals surface area contributed by atoms with Crippen molar-refractivity contribution in [1.29, 1.82) is 0 Å². The van der Waals surface area contributed by atoms with Gasteiger partial charge in [0.2, 0.25) is 10.0 Å². The molecular weight excluding hydrogens is 318 g/mol. The van der Waals surface area contributed by atoms with E-state index in [9.17, 15) is 8.42 Å². The van der Waals surface area contributed by atoms with Crippen LogP contribution in [0, 0.1) is 0 Å². The Kier molecular flexibility index (Phi) is 5.28. The smallest absolute Gasteiger partial charge is 0.233 e. The fourth-order valence-corrected chi connectivity index (χ4v) is 2.42. The zero-order chi connectivity index (χ0) is 16.9. The Morgan fingerprint density at radius 1 is 1.04 bits per heavy atom. The molecular formula is C15H19N3O4S. The van der Waals surface area contributed by atoms with Crippen LogP contribution in [0.5, 0.6) is 11.5 Å². The Labute approximate surface area is 135 Å². The van der Waals surface area contributed by atoms with Crippen LogP contribution in [0.2, 0.25) is 0 Å². The van der Waals surface area contributed by atoms with Gasteiger partial charge in [-0.25, -0.2) is 13.4 Å². The van der Waals surface area contributed by atoms with Gasteiger partial charge in [-0.2, -0.15) is 0 Å². The van der Waals surface area contributed by atoms with Crippen molar-refractivity contribution in [2.24, 2.45) is 0 Å². The average Bonchev–Trinajstić information content (AvgIpc) is 2.56. The van der Waals surface area contributed by atoms with Crippen LogP contribution in [0.1, 0.15) is 6.92 Å². The summed E-state index contributed by atoms with van der Waals surface area (Å²) < 4.78 is 35.8. The maximum atomic E-state index is 11.5. The minimum Gasteiger partial charge on any atom is -0.493 e. The van der Waals surface area contributed by atoms with E-state index in [4.69, 9.17) is 9.47 Å². The van der Waals surface area contributed by atoms with Crippen LogP contribution >= 0.6 is 0 Å². The number of hydrogen-bond acceptors (Lipinski definition) is 6. The number of benzene rings is 1. The van der Waals surface area contributed by atoms with Crippen molar-refractivity contribution in [3.05, 3.63) is 36.5 Å². The molecule has 0 aliphatic heterocycles. The maximum Gasteiger partial charge on any atom is 0.233 e. The number of aromatic nitrogens is 1. The zero-order valence-electron chi connectivity index (χ0n) is 13.2. The van der Waals surface area contributed by atoms with Gasteiger partial charge in [-0.1, -0.05) is 0 Å². The summed E-state index contributed by atoms with van der Waals surface area (Å²) in [5.41, 5.74) is 1.52. The second kappa shape index (κ2) is 7.19. The van der Waals surface area contributed by atoms with Crippen LogP contribution < -0.4 is 19.5 Å². The molecule has 1 heterocycles. The van der Waals surface area contributed by atoms with E-state index in [1.807, 2.05) is 6.07 Å². The molecule has 1 aromatic carbocycles. The first-order valence-corrected chi connectivity index (χ1v) is 8.58. The lowest BCUT2D eigenvalue weighted by atomic mass is 10.2. The second-order valence-electron chi connectivity index (χ2n) is 4.63. The van der Waals surface area contributed by atoms with Gasteiger partial charge in [0.25, 0.3) is 0 Å². The molecule has 0 unspecified atom stereocenters. The third-order valence-corrected chi connectivity index (χ3v) is 4.36. The van der Waals surface area contributed by atoms with Gasteiger partial charge in [-0.15, -0.1) is 0 Å². The normalized spacial score (nSPS) is 10.9. The molecule has 0 radical (unpaired) electrons. The van der Waals surface area contributed by atoms with E-state index in [0.29, 0.717) is 11.5 Å². The molecule has 2 N–H and O–H groups in total. The molecule has 7 nitrogen and oxygen atoms in total. The second-order valence-corrected chi connectivity index (χ2v) is 6.64. The monoisotopic (exact) mass is 337 g/mol. The number of pyridine rings is 1. The van der Waals surface area contributed by atoms with Crippen LogP contribution in [0.3, 0.4) is 0 Å². The Bertz CT molecular complexity index is 761. The number of methoxy groups -OCH3 is 2. The van der Waals surface area contributed by atoms with Crippen LogP contribution in [-0.4, -0.2) is 33.4 Å². The van der Waals surface area contributed by atoms with Gasteiger partial charge in [0.05, 0.1) is 31.9 Å². The number of anilines is 3. The zero-order valence-corrected chi connectivity index (χ0v) is 14.0. The molecule has 0 fully saturated rings. The first-order chi connectivity index (χ1) is 11.0. The highest BCUT2D eigenvalue weighted by Gasteiger charge is 2.08. The third-order valence-electron chi connectivity index (χ3n) is 3.08. The summed E-state index contributed by atoms with van der Waals surface area (Å²) >= 11 is 0. The highest BCUT2D eigenvalue weighted by molar-refractivity contribution is 7.92. The van der Waals surface area contributed by atoms with Crippen molar-refractivity contribution in [3.8, 4) is 11.5 Å². The van der Waals surface area contributed by atoms with Gasteiger partial charge < -0.3 is 14.8 Å². The standard InChI is InChI=1S/C15H19N3O4S/c1-4-23(19,20)18-15-8-6-12(10-16-15)17-11-5-7-13(21-2)14(9-11)22-3/h5-10,17H,4H2,1-3H3,(H,16,18). The lowest BCUT2D eigenvalue weighted by Crippen LogP contribution is -2.15. The molecule has 0 saturated carbocycles. The van der Waals surface area contributed by atoms with E-state index < -0.39 is 10.0 Å². The largest absolute Gasteiger partial charge is 0.493 e. The molecule has 124 valence electrons. The van der Waals surface area contributed by atoms with Crippen LogP contribution in [0.25, 0.3) is 0 Å². The summed E-state index contributed by atoms with van der Waals surface area (Å²) in [4.78, 5) is 4.08. The van der Waals surface area contributed by atoms with Gasteiger partial charge in [0.1, 0.15) is 5.82 Å². The lowest BCUT2D eigenvalue weighted by molar-refractivity contribution is 0.355. The van der Waals surface area contributed by atoms with E-state index in [0.717, 1.165) is 11.4 Å². The quantitative estimate of drug-likeness (QED) is 0.807. The van der Waals surface area contributed by atoms with Crippen molar-refractivity contribution < 1.29 is 17.9 Å². The fourth-order valence-electron chi connectivity index (χ4n) is 1.84. The number of hydrogen-bond donors (Lipinski definition) is 2. The van der Waals surface area contributed by atoms with Crippen LogP contribution in [0.15, 0.2) is 36.5 Å². The van der Waals surface area contributed by atoms with Gasteiger partial charge in [0, 0.05) is 11.8 Å². The molecule has 23 heavy (non-hydrogen) atoms. The van der Waals surface area contributed by atoms with Crippen molar-refractivity contribution in [1.82, 2.24) is 4.98 Å². The van der Waals surface area contributed by atoms with Crippen molar-refractivity contribution >= 4 is 27.2 Å². The predicted molar refractivity (Wildman–Crippen MR) is 90.1 cm³/mol. The molecule has 2 aromatic rings. The van der Waals surface area contributed by atoms with Gasteiger partial charge in [0.15, 0.2) is 11.5 Å². The molecule has 0 aliphatic rings. The van der Waals surface area contributed by atoms with Gasteiger partial charge in [-0.3, -0.25) is 4.72 Å². The van der Waals surface area contributed by atoms with Crippen LogP contribution in [0.4, 0.5) is 17.2 Å². The molecule has 2 rings (SSSR count). The van der Waals surface area contributed by atoms with Gasteiger partial charge >= 0.3 is 0 Å². The first-order valence-electron chi connectivity index (χ1n) is 6.93. The van der Waals surface area contributed by atoms with Crippen molar-refractivity contribution in [2.45, 2.75) is 6.92 Å². The molecule has 0 saturated heterocycles. The Morgan fingerprint density at radius 3 is 2.30 bits per heavy atom. The lowest BCUT2D eigenvalue weighted by Gasteiger charge is -2.11. The molecule has 0 atom stereocenters. The van der Waals surface area contributed by atoms with E-state index in [-0.39, 0.29) is 11.6 Å². The minimum atomic E-state index is -3.32. The molecule has 1 aromatic heterocycles. The predicted octanol–water partition coefficient (Wildman–Crippen LogP) is 2.60. The van der Waals surface area contributed by atoms with E-state index >= 15 is 0 Å².